The quantitative estimate of drug-likeness (QED) is 0.684. The highest BCUT2D eigenvalue weighted by atomic mass is 32.2. The maximum Gasteiger partial charge on any atom is 0.274 e. The number of rotatable bonds is 1. The zero-order valence-corrected chi connectivity index (χ0v) is 16.9. The fraction of sp³-hybridized carbons (Fsp3) is 0.500. The summed E-state index contributed by atoms with van der Waals surface area (Å²) in [7, 11) is -3.12. The van der Waals surface area contributed by atoms with Crippen LogP contribution in [0.3, 0.4) is 0 Å². The van der Waals surface area contributed by atoms with Crippen LogP contribution in [0.25, 0.3) is 0 Å². The van der Waals surface area contributed by atoms with Crippen molar-refractivity contribution in [1.82, 2.24) is 20.0 Å². The lowest BCUT2D eigenvalue weighted by Crippen LogP contribution is -2.65. The minimum absolute atomic E-state index is 0.0490. The van der Waals surface area contributed by atoms with Gasteiger partial charge in [0, 0.05) is 19.6 Å². The van der Waals surface area contributed by atoms with E-state index >= 15 is 0 Å². The first-order valence-electron chi connectivity index (χ1n) is 9.92. The molecule has 2 atom stereocenters. The number of aryl methyl sites for hydroxylation is 1. The SMILES string of the molecule is O=C(c1cc2n(n1)CCS(=O)(=O)C2)N1CC[C@]2(Cc3ccccc3CN2)[C@H](O)C1. The maximum atomic E-state index is 13.0. The standard InChI is InChI=1S/C20H24N4O4S/c25-18-12-23(6-5-20(18)10-14-3-1-2-4-15(14)11-21-20)19(26)17-9-16-13-29(27,28)8-7-24(16)22-17/h1-4,9,18,21,25H,5-8,10-13H2/t18-,20+/m1/s1. The van der Waals surface area contributed by atoms with Crippen molar-refractivity contribution in [2.24, 2.45) is 0 Å². The second kappa shape index (κ2) is 6.65. The van der Waals surface area contributed by atoms with Crippen molar-refractivity contribution >= 4 is 15.7 Å². The molecule has 3 aliphatic rings. The molecule has 0 radical (unpaired) electrons. The number of hydrogen-bond donors (Lipinski definition) is 2. The largest absolute Gasteiger partial charge is 0.389 e. The summed E-state index contributed by atoms with van der Waals surface area (Å²) in [5.74, 6) is -0.287. The zero-order valence-electron chi connectivity index (χ0n) is 16.0. The van der Waals surface area contributed by atoms with Gasteiger partial charge < -0.3 is 15.3 Å². The molecule has 29 heavy (non-hydrogen) atoms. The number of sulfone groups is 1. The third kappa shape index (κ3) is 3.27. The summed E-state index contributed by atoms with van der Waals surface area (Å²) in [5.41, 5.74) is 2.88. The van der Waals surface area contributed by atoms with Crippen LogP contribution < -0.4 is 5.32 Å². The van der Waals surface area contributed by atoms with Gasteiger partial charge in [0.1, 0.15) is 0 Å². The third-order valence-electron chi connectivity index (χ3n) is 6.47. The summed E-state index contributed by atoms with van der Waals surface area (Å²) < 4.78 is 25.2. The minimum Gasteiger partial charge on any atom is -0.389 e. The Morgan fingerprint density at radius 1 is 1.24 bits per heavy atom. The molecule has 4 heterocycles. The normalized spacial score (nSPS) is 28.0. The van der Waals surface area contributed by atoms with E-state index in [0.29, 0.717) is 25.2 Å². The Morgan fingerprint density at radius 2 is 2.03 bits per heavy atom. The lowest BCUT2D eigenvalue weighted by atomic mass is 9.76. The molecule has 5 rings (SSSR count). The van der Waals surface area contributed by atoms with Gasteiger partial charge in [-0.3, -0.25) is 9.48 Å². The summed E-state index contributed by atoms with van der Waals surface area (Å²) >= 11 is 0. The van der Waals surface area contributed by atoms with E-state index in [9.17, 15) is 18.3 Å². The molecule has 0 aliphatic carbocycles. The number of likely N-dealkylation sites (tertiary alicyclic amines) is 1. The molecule has 1 spiro atoms. The number of aromatic nitrogens is 2. The van der Waals surface area contributed by atoms with Crippen LogP contribution in [0.5, 0.6) is 0 Å². The first kappa shape index (κ1) is 18.8. The van der Waals surface area contributed by atoms with E-state index in [-0.39, 0.29) is 36.2 Å². The van der Waals surface area contributed by atoms with Crippen LogP contribution in [0.4, 0.5) is 0 Å². The lowest BCUT2D eigenvalue weighted by molar-refractivity contribution is -0.0140. The molecule has 1 fully saturated rings. The number of β-amino-alcohol motifs (C(OH)–C–C–N with tert-alkyl or cyclic N) is 1. The molecule has 1 aromatic carbocycles. The van der Waals surface area contributed by atoms with Crippen molar-refractivity contribution in [2.75, 3.05) is 18.8 Å². The molecule has 9 heteroatoms. The van der Waals surface area contributed by atoms with Gasteiger partial charge >= 0.3 is 0 Å². The number of aliphatic hydroxyl groups excluding tert-OH is 1. The number of benzene rings is 1. The number of carbonyl (C=O) groups is 1. The number of amides is 1. The molecular weight excluding hydrogens is 392 g/mol. The average Bonchev–Trinajstić information content (AvgIpc) is 3.11. The highest BCUT2D eigenvalue weighted by Crippen LogP contribution is 2.32. The average molecular weight is 417 g/mol. The van der Waals surface area contributed by atoms with Crippen molar-refractivity contribution in [2.45, 2.75) is 43.3 Å². The number of fused-ring (bicyclic) bond motifs is 2. The van der Waals surface area contributed by atoms with Crippen LogP contribution in [0, 0.1) is 0 Å². The number of piperidine rings is 1. The highest BCUT2D eigenvalue weighted by molar-refractivity contribution is 7.90. The second-order valence-corrected chi connectivity index (χ2v) is 10.5. The van der Waals surface area contributed by atoms with Crippen LogP contribution in [0.1, 0.15) is 33.7 Å². The molecule has 0 unspecified atom stereocenters. The number of nitrogens with one attached hydrogen (secondary N) is 1. The Morgan fingerprint density at radius 3 is 2.83 bits per heavy atom. The van der Waals surface area contributed by atoms with Gasteiger partial charge in [-0.25, -0.2) is 8.42 Å². The molecule has 0 saturated carbocycles. The van der Waals surface area contributed by atoms with Gasteiger partial charge in [0.15, 0.2) is 15.5 Å². The number of aliphatic hydroxyl groups is 1. The summed E-state index contributed by atoms with van der Waals surface area (Å²) in [5, 5.41) is 18.8. The van der Waals surface area contributed by atoms with Crippen LogP contribution in [-0.4, -0.2) is 64.6 Å². The van der Waals surface area contributed by atoms with Gasteiger partial charge in [-0.1, -0.05) is 24.3 Å². The Bertz CT molecular complexity index is 1080. The molecule has 1 aromatic heterocycles. The van der Waals surface area contributed by atoms with E-state index in [1.54, 1.807) is 15.6 Å². The predicted molar refractivity (Wildman–Crippen MR) is 106 cm³/mol. The summed E-state index contributed by atoms with van der Waals surface area (Å²) in [6.45, 7) is 1.74. The molecule has 2 aromatic rings. The molecule has 154 valence electrons. The fourth-order valence-corrected chi connectivity index (χ4v) is 5.98. The molecule has 8 nitrogen and oxygen atoms in total. The van der Waals surface area contributed by atoms with E-state index < -0.39 is 21.5 Å². The minimum atomic E-state index is -3.12. The topological polar surface area (TPSA) is 105 Å². The zero-order chi connectivity index (χ0) is 20.2. The van der Waals surface area contributed by atoms with E-state index in [2.05, 4.69) is 22.5 Å². The maximum absolute atomic E-state index is 13.0. The fourth-order valence-electron chi connectivity index (χ4n) is 4.70. The van der Waals surface area contributed by atoms with E-state index in [0.717, 1.165) is 6.42 Å². The third-order valence-corrected chi connectivity index (χ3v) is 8.01. The van der Waals surface area contributed by atoms with Crippen LogP contribution in [-0.2, 0) is 35.1 Å². The lowest BCUT2D eigenvalue weighted by Gasteiger charge is -2.48. The Hall–Kier alpha value is -2.23. The van der Waals surface area contributed by atoms with Crippen molar-refractivity contribution in [3.63, 3.8) is 0 Å². The highest BCUT2D eigenvalue weighted by Gasteiger charge is 2.45. The van der Waals surface area contributed by atoms with Crippen LogP contribution >= 0.6 is 0 Å². The predicted octanol–water partition coefficient (Wildman–Crippen LogP) is 0.103. The van der Waals surface area contributed by atoms with Gasteiger partial charge in [-0.15, -0.1) is 0 Å². The van der Waals surface area contributed by atoms with Gasteiger partial charge in [0.2, 0.25) is 0 Å². The van der Waals surface area contributed by atoms with Gasteiger partial charge in [0.05, 0.1) is 35.4 Å². The smallest absolute Gasteiger partial charge is 0.274 e. The van der Waals surface area contributed by atoms with E-state index in [1.165, 1.54) is 11.1 Å². The summed E-state index contributed by atoms with van der Waals surface area (Å²) in [6, 6.07) is 9.81. The molecule has 0 bridgehead atoms. The molecular formula is C20H24N4O4S. The van der Waals surface area contributed by atoms with Gasteiger partial charge in [-0.05, 0) is 30.0 Å². The molecule has 1 saturated heterocycles. The second-order valence-electron chi connectivity index (χ2n) is 8.31. The summed E-state index contributed by atoms with van der Waals surface area (Å²) in [4.78, 5) is 14.6. The number of nitrogens with zero attached hydrogens (tertiary/aromatic N) is 3. The van der Waals surface area contributed by atoms with Crippen molar-refractivity contribution in [3.05, 3.63) is 52.8 Å². The van der Waals surface area contributed by atoms with Gasteiger partial charge in [-0.2, -0.15) is 5.10 Å². The summed E-state index contributed by atoms with van der Waals surface area (Å²) in [6.07, 6.45) is 0.699. The Kier molecular flexibility index (Phi) is 4.30. The van der Waals surface area contributed by atoms with Gasteiger partial charge in [0.25, 0.3) is 5.91 Å². The van der Waals surface area contributed by atoms with Crippen LogP contribution in [0.2, 0.25) is 0 Å². The number of hydrogen-bond acceptors (Lipinski definition) is 6. The monoisotopic (exact) mass is 416 g/mol. The first-order chi connectivity index (χ1) is 13.9. The first-order valence-corrected chi connectivity index (χ1v) is 11.7. The van der Waals surface area contributed by atoms with Crippen molar-refractivity contribution in [1.29, 1.82) is 0 Å². The number of carbonyl (C=O) groups excluding carboxylic acids is 1. The van der Waals surface area contributed by atoms with Crippen molar-refractivity contribution in [3.8, 4) is 0 Å². The molecule has 3 aliphatic heterocycles. The molecule has 2 N–H and O–H groups in total. The van der Waals surface area contributed by atoms with Crippen molar-refractivity contribution < 1.29 is 18.3 Å². The van der Waals surface area contributed by atoms with Crippen LogP contribution in [0.15, 0.2) is 30.3 Å². The Labute approximate surface area is 169 Å². The molecule has 1 amide bonds. The van der Waals surface area contributed by atoms with E-state index in [4.69, 9.17) is 0 Å². The van der Waals surface area contributed by atoms with E-state index in [1.807, 2.05) is 12.1 Å². The Balaban J connectivity index is 1.32.